The molecule has 4 heteroatoms. The zero-order valence-electron chi connectivity index (χ0n) is 63.7. The Bertz CT molecular complexity index is 6830. The SMILES string of the molecule is c1ccc(-c2ccc(N(c3ccccc3)c3ccc4cc(-c5ccc6c(c5)-c5ccccc5C65c6ccccc6N(c6ccccc6)c6ccccc65)ccc4c3)cc2)cc1.c1ccc(N(c2ccccc2)c2ccc3cc(-c4ccc5c(c4)-c4ccccc4C54c5ccccc5N(c5ccccc5)c5ccccc54)ccc3c2)cc1. The Morgan fingerprint density at radius 1 is 0.155 bits per heavy atom. The molecule has 0 radical (unpaired) electrons. The van der Waals surface area contributed by atoms with E-state index >= 15 is 0 Å². The van der Waals surface area contributed by atoms with Crippen LogP contribution in [0.1, 0.15) is 44.5 Å². The maximum Gasteiger partial charge on any atom is 0.0754 e. The van der Waals surface area contributed by atoms with Gasteiger partial charge in [0.05, 0.1) is 33.6 Å². The second kappa shape index (κ2) is 28.0. The van der Waals surface area contributed by atoms with Gasteiger partial charge < -0.3 is 19.6 Å². The molecular weight excluding hydrogens is 1400 g/mol. The van der Waals surface area contributed by atoms with Gasteiger partial charge in [0.1, 0.15) is 0 Å². The summed E-state index contributed by atoms with van der Waals surface area (Å²) in [4.78, 5) is 9.54. The summed E-state index contributed by atoms with van der Waals surface area (Å²) in [6, 6.07) is 169. The first-order valence-electron chi connectivity index (χ1n) is 40.1. The molecule has 2 spiro atoms. The number of para-hydroxylation sites is 9. The number of rotatable bonds is 11. The van der Waals surface area contributed by atoms with Crippen LogP contribution in [-0.2, 0) is 10.8 Å². The minimum absolute atomic E-state index is 0.452. The van der Waals surface area contributed by atoms with E-state index in [1.54, 1.807) is 0 Å². The minimum Gasteiger partial charge on any atom is -0.310 e. The lowest BCUT2D eigenvalue weighted by molar-refractivity contribution is 0.753. The highest BCUT2D eigenvalue weighted by molar-refractivity contribution is 6.01. The fourth-order valence-corrected chi connectivity index (χ4v) is 19.5. The molecule has 0 bridgehead atoms. The van der Waals surface area contributed by atoms with Crippen molar-refractivity contribution in [1.29, 1.82) is 0 Å². The van der Waals surface area contributed by atoms with Crippen LogP contribution in [0.4, 0.5) is 68.2 Å². The number of hydrogen-bond donors (Lipinski definition) is 0. The third-order valence-corrected chi connectivity index (χ3v) is 24.4. The van der Waals surface area contributed by atoms with Gasteiger partial charge in [-0.1, -0.05) is 315 Å². The van der Waals surface area contributed by atoms with Crippen LogP contribution < -0.4 is 19.6 Å². The van der Waals surface area contributed by atoms with E-state index in [9.17, 15) is 0 Å². The van der Waals surface area contributed by atoms with Crippen molar-refractivity contribution in [2.45, 2.75) is 10.8 Å². The van der Waals surface area contributed by atoms with E-state index in [-0.39, 0.29) is 0 Å². The zero-order valence-corrected chi connectivity index (χ0v) is 63.7. The van der Waals surface area contributed by atoms with Gasteiger partial charge in [0.2, 0.25) is 0 Å². The summed E-state index contributed by atoms with van der Waals surface area (Å²) < 4.78 is 0. The van der Waals surface area contributed by atoms with E-state index in [0.29, 0.717) is 0 Å². The molecule has 2 heterocycles. The first-order chi connectivity index (χ1) is 57.5. The van der Waals surface area contributed by atoms with Crippen molar-refractivity contribution in [3.63, 3.8) is 0 Å². The lowest BCUT2D eigenvalue weighted by Crippen LogP contribution is -2.36. The summed E-state index contributed by atoms with van der Waals surface area (Å²) in [5, 5.41) is 4.84. The highest BCUT2D eigenvalue weighted by Gasteiger charge is 2.53. The quantitative estimate of drug-likeness (QED) is 0.128. The van der Waals surface area contributed by atoms with Crippen molar-refractivity contribution in [1.82, 2.24) is 0 Å². The predicted octanol–water partition coefficient (Wildman–Crippen LogP) is 29.9. The molecule has 0 saturated carbocycles. The van der Waals surface area contributed by atoms with Crippen LogP contribution in [0.15, 0.2) is 461 Å². The fourth-order valence-electron chi connectivity index (χ4n) is 19.5. The molecule has 0 amide bonds. The molecule has 544 valence electrons. The molecule has 0 N–H and O–H groups in total. The van der Waals surface area contributed by atoms with Crippen molar-refractivity contribution >= 4 is 89.8 Å². The highest BCUT2D eigenvalue weighted by atomic mass is 15.2. The van der Waals surface area contributed by atoms with Gasteiger partial charge in [-0.05, 0) is 267 Å². The van der Waals surface area contributed by atoms with E-state index < -0.39 is 10.8 Å². The molecule has 4 nitrogen and oxygen atoms in total. The molecule has 23 rings (SSSR count). The molecule has 2 aliphatic carbocycles. The second-order valence-corrected chi connectivity index (χ2v) is 30.6. The Morgan fingerprint density at radius 2 is 0.405 bits per heavy atom. The van der Waals surface area contributed by atoms with Crippen LogP contribution in [0, 0.1) is 0 Å². The number of fused-ring (bicyclic) bond motifs is 20. The Labute approximate surface area is 676 Å². The van der Waals surface area contributed by atoms with Gasteiger partial charge in [-0.15, -0.1) is 0 Å². The van der Waals surface area contributed by atoms with Crippen LogP contribution in [0.3, 0.4) is 0 Å². The third kappa shape index (κ3) is 10.9. The third-order valence-electron chi connectivity index (χ3n) is 24.4. The molecule has 0 unspecified atom stereocenters. The van der Waals surface area contributed by atoms with Crippen molar-refractivity contribution in [3.8, 4) is 55.6 Å². The summed E-state index contributed by atoms with van der Waals surface area (Å²) in [7, 11) is 0. The lowest BCUT2D eigenvalue weighted by Gasteiger charge is -2.45. The molecular formula is C112H76N4. The number of benzene rings is 19. The molecule has 19 aromatic carbocycles. The van der Waals surface area contributed by atoms with Crippen LogP contribution in [0.2, 0.25) is 0 Å². The van der Waals surface area contributed by atoms with Crippen LogP contribution in [0.25, 0.3) is 77.2 Å². The maximum absolute atomic E-state index is 2.44. The van der Waals surface area contributed by atoms with Gasteiger partial charge in [-0.25, -0.2) is 0 Å². The van der Waals surface area contributed by atoms with Crippen LogP contribution in [0.5, 0.6) is 0 Å². The number of anilines is 12. The normalized spacial score (nSPS) is 13.1. The second-order valence-electron chi connectivity index (χ2n) is 30.6. The van der Waals surface area contributed by atoms with Gasteiger partial charge in [-0.3, -0.25) is 0 Å². The van der Waals surface area contributed by atoms with Gasteiger partial charge in [0.15, 0.2) is 0 Å². The Hall–Kier alpha value is -15.1. The first kappa shape index (κ1) is 67.8. The Morgan fingerprint density at radius 3 is 0.784 bits per heavy atom. The number of hydrogen-bond acceptors (Lipinski definition) is 4. The highest BCUT2D eigenvalue weighted by Crippen LogP contribution is 2.66. The van der Waals surface area contributed by atoms with Crippen molar-refractivity contribution in [2.75, 3.05) is 19.6 Å². The van der Waals surface area contributed by atoms with Crippen molar-refractivity contribution < 1.29 is 0 Å². The maximum atomic E-state index is 2.44. The van der Waals surface area contributed by atoms with Gasteiger partial charge >= 0.3 is 0 Å². The van der Waals surface area contributed by atoms with E-state index in [1.807, 2.05) is 0 Å². The monoisotopic (exact) mass is 1480 g/mol. The number of nitrogens with zero attached hydrogens (tertiary/aromatic N) is 4. The minimum atomic E-state index is -0.463. The molecule has 0 fully saturated rings. The van der Waals surface area contributed by atoms with Crippen LogP contribution >= 0.6 is 0 Å². The molecule has 116 heavy (non-hydrogen) atoms. The predicted molar refractivity (Wildman–Crippen MR) is 485 cm³/mol. The molecule has 19 aromatic rings. The molecule has 4 aliphatic rings. The summed E-state index contributed by atoms with van der Waals surface area (Å²) in [5.74, 6) is 0. The smallest absolute Gasteiger partial charge is 0.0754 e. The van der Waals surface area contributed by atoms with Crippen molar-refractivity contribution in [2.24, 2.45) is 0 Å². The summed E-state index contributed by atoms with van der Waals surface area (Å²) in [6.07, 6.45) is 0. The Balaban J connectivity index is 0.000000141. The first-order valence-corrected chi connectivity index (χ1v) is 40.1. The van der Waals surface area contributed by atoms with Crippen LogP contribution in [-0.4, -0.2) is 0 Å². The van der Waals surface area contributed by atoms with Gasteiger partial charge in [0, 0.05) is 45.5 Å². The summed E-state index contributed by atoms with van der Waals surface area (Å²) in [6.45, 7) is 0. The Kier molecular flexibility index (Phi) is 16.3. The topological polar surface area (TPSA) is 13.0 Å². The standard InChI is InChI=1S/C59H40N2.C53H36N2/c1-4-16-41(17-5-1)42-30-34-49(35-31-42)60(47-18-6-2-7-19-47)50-36-32-44-38-43(28-29-45(44)39-50)46-33-37-54-52(40-46)51-22-10-11-23-53(51)59(54)55-24-12-14-26-57(55)61(48-20-8-3-9-21-48)58-27-15-13-25-56(58)59;1-4-16-41(17-5-1)54(42-18-6-2-7-19-42)44-32-30-38-34-37(28-29-39(38)35-44)40-31-33-48-46(36-40)45-22-10-11-23-47(45)53(48)49-24-12-14-26-51(49)55(43-20-8-3-9-21-43)52-27-15-13-25-50(52)53/h1-40H;1-36H. The summed E-state index contributed by atoms with van der Waals surface area (Å²) >= 11 is 0. The average molecular weight is 1480 g/mol. The van der Waals surface area contributed by atoms with E-state index in [2.05, 4.69) is 481 Å². The zero-order chi connectivity index (χ0) is 76.7. The lowest BCUT2D eigenvalue weighted by atomic mass is 9.64. The fraction of sp³-hybridized carbons (Fsp3) is 0.0179. The summed E-state index contributed by atoms with van der Waals surface area (Å²) in [5.41, 5.74) is 36.0. The van der Waals surface area contributed by atoms with Gasteiger partial charge in [-0.2, -0.15) is 0 Å². The average Bonchev–Trinajstić information content (AvgIpc) is 1.49. The molecule has 0 saturated heterocycles. The van der Waals surface area contributed by atoms with Crippen molar-refractivity contribution in [3.05, 3.63) is 506 Å². The molecule has 0 aromatic heterocycles. The van der Waals surface area contributed by atoms with E-state index in [1.165, 1.54) is 144 Å². The van der Waals surface area contributed by atoms with Gasteiger partial charge in [0.25, 0.3) is 0 Å². The largest absolute Gasteiger partial charge is 0.310 e. The van der Waals surface area contributed by atoms with E-state index in [0.717, 1.165) is 45.5 Å². The molecule has 2 aliphatic heterocycles. The molecule has 0 atom stereocenters. The van der Waals surface area contributed by atoms with E-state index in [4.69, 9.17) is 0 Å².